The summed E-state index contributed by atoms with van der Waals surface area (Å²) in [6.07, 6.45) is 0. The van der Waals surface area contributed by atoms with Crippen molar-refractivity contribution < 1.29 is 13.2 Å². The van der Waals surface area contributed by atoms with Crippen LogP contribution in [0.3, 0.4) is 0 Å². The van der Waals surface area contributed by atoms with Gasteiger partial charge in [-0.15, -0.1) is 0 Å². The number of sulfonamides is 1. The second-order valence-electron chi connectivity index (χ2n) is 6.92. The Balaban J connectivity index is 2.02. The maximum absolute atomic E-state index is 13.4. The van der Waals surface area contributed by atoms with Gasteiger partial charge >= 0.3 is 0 Å². The topological polar surface area (TPSA) is 67.7 Å². The number of nitrogens with zero attached hydrogens (tertiary/aromatic N) is 4. The van der Waals surface area contributed by atoms with E-state index >= 15 is 0 Å². The fourth-order valence-corrected chi connectivity index (χ4v) is 5.07. The zero-order chi connectivity index (χ0) is 19.1. The smallest absolute Gasteiger partial charge is 0.268 e. The SMILES string of the molecule is Cc1ccc2c(c1)OCCN2S(=O)(=O)c1c(C)nn(CCN(C)C)c1C. The van der Waals surface area contributed by atoms with Crippen LogP contribution in [0.25, 0.3) is 0 Å². The normalized spacial score (nSPS) is 14.5. The molecule has 0 amide bonds. The van der Waals surface area contributed by atoms with Crippen molar-refractivity contribution in [1.29, 1.82) is 0 Å². The molecular formula is C18H26N4O3S. The number of aryl methyl sites for hydroxylation is 2. The van der Waals surface area contributed by atoms with E-state index in [9.17, 15) is 8.42 Å². The van der Waals surface area contributed by atoms with Crippen LogP contribution in [-0.4, -0.2) is 56.9 Å². The summed E-state index contributed by atoms with van der Waals surface area (Å²) >= 11 is 0. The highest BCUT2D eigenvalue weighted by Gasteiger charge is 2.34. The first-order valence-corrected chi connectivity index (χ1v) is 10.1. The zero-order valence-corrected chi connectivity index (χ0v) is 16.8. The van der Waals surface area contributed by atoms with Crippen LogP contribution in [0, 0.1) is 20.8 Å². The molecule has 0 aliphatic carbocycles. The Hall–Kier alpha value is -2.06. The van der Waals surface area contributed by atoms with E-state index in [0.29, 0.717) is 47.4 Å². The van der Waals surface area contributed by atoms with Crippen molar-refractivity contribution in [2.45, 2.75) is 32.2 Å². The Bertz CT molecular complexity index is 919. The molecule has 0 atom stereocenters. The lowest BCUT2D eigenvalue weighted by Crippen LogP contribution is -2.38. The molecule has 1 aromatic heterocycles. The van der Waals surface area contributed by atoms with Crippen molar-refractivity contribution in [3.05, 3.63) is 35.2 Å². The lowest BCUT2D eigenvalue weighted by molar-refractivity contribution is 0.315. The molecule has 1 aromatic carbocycles. The number of fused-ring (bicyclic) bond motifs is 1. The summed E-state index contributed by atoms with van der Waals surface area (Å²) in [5, 5.41) is 4.47. The summed E-state index contributed by atoms with van der Waals surface area (Å²) in [5.74, 6) is 0.607. The second kappa shape index (κ2) is 6.92. The Kier molecular flexibility index (Phi) is 4.98. The number of anilines is 1. The monoisotopic (exact) mass is 378 g/mol. The molecule has 8 heteroatoms. The first-order chi connectivity index (χ1) is 12.2. The number of benzene rings is 1. The van der Waals surface area contributed by atoms with Crippen LogP contribution >= 0.6 is 0 Å². The Labute approximate surface area is 155 Å². The van der Waals surface area contributed by atoms with Crippen LogP contribution in [0.5, 0.6) is 5.75 Å². The molecule has 26 heavy (non-hydrogen) atoms. The number of likely N-dealkylation sites (N-methyl/N-ethyl adjacent to an activating group) is 1. The fourth-order valence-electron chi connectivity index (χ4n) is 3.23. The molecule has 3 rings (SSSR count). The van der Waals surface area contributed by atoms with Gasteiger partial charge in [-0.2, -0.15) is 5.10 Å². The van der Waals surface area contributed by atoms with Crippen molar-refractivity contribution >= 4 is 15.7 Å². The standard InChI is InChI=1S/C18H26N4O3S/c1-13-6-7-16-17(12-13)25-11-10-22(16)26(23,24)18-14(2)19-21(15(18)3)9-8-20(4)5/h6-7,12H,8-11H2,1-5H3. The van der Waals surface area contributed by atoms with Crippen LogP contribution in [-0.2, 0) is 16.6 Å². The second-order valence-corrected chi connectivity index (χ2v) is 8.72. The average molecular weight is 378 g/mol. The summed E-state index contributed by atoms with van der Waals surface area (Å²) < 4.78 is 35.8. The molecule has 1 aliphatic rings. The van der Waals surface area contributed by atoms with Crippen LogP contribution in [0.15, 0.2) is 23.1 Å². The number of hydrogen-bond acceptors (Lipinski definition) is 5. The molecule has 0 bridgehead atoms. The van der Waals surface area contributed by atoms with Gasteiger partial charge in [-0.1, -0.05) is 6.07 Å². The van der Waals surface area contributed by atoms with E-state index in [2.05, 4.69) is 5.10 Å². The first kappa shape index (κ1) is 18.7. The lowest BCUT2D eigenvalue weighted by atomic mass is 10.2. The minimum Gasteiger partial charge on any atom is -0.489 e. The van der Waals surface area contributed by atoms with Gasteiger partial charge < -0.3 is 9.64 Å². The van der Waals surface area contributed by atoms with Crippen LogP contribution < -0.4 is 9.04 Å². The molecule has 7 nitrogen and oxygen atoms in total. The highest BCUT2D eigenvalue weighted by molar-refractivity contribution is 7.93. The van der Waals surface area contributed by atoms with Crippen LogP contribution in [0.1, 0.15) is 17.0 Å². The molecule has 0 spiro atoms. The quantitative estimate of drug-likeness (QED) is 0.796. The molecule has 0 radical (unpaired) electrons. The summed E-state index contributed by atoms with van der Waals surface area (Å²) in [7, 11) is 0.253. The summed E-state index contributed by atoms with van der Waals surface area (Å²) in [4.78, 5) is 2.34. The van der Waals surface area contributed by atoms with Crippen molar-refractivity contribution in [3.8, 4) is 5.75 Å². The summed E-state index contributed by atoms with van der Waals surface area (Å²) in [6.45, 7) is 7.60. The molecule has 0 unspecified atom stereocenters. The van der Waals surface area contributed by atoms with E-state index in [-0.39, 0.29) is 0 Å². The van der Waals surface area contributed by atoms with Gasteiger partial charge in [0, 0.05) is 6.54 Å². The fraction of sp³-hybridized carbons (Fsp3) is 0.500. The van der Waals surface area contributed by atoms with Gasteiger partial charge in [0.2, 0.25) is 0 Å². The van der Waals surface area contributed by atoms with Gasteiger partial charge in [0.05, 0.1) is 30.2 Å². The predicted octanol–water partition coefficient (Wildman–Crippen LogP) is 1.96. The molecule has 1 aliphatic heterocycles. The van der Waals surface area contributed by atoms with Crippen molar-refractivity contribution in [3.63, 3.8) is 0 Å². The highest BCUT2D eigenvalue weighted by atomic mass is 32.2. The lowest BCUT2D eigenvalue weighted by Gasteiger charge is -2.30. The Morgan fingerprint density at radius 3 is 2.65 bits per heavy atom. The van der Waals surface area contributed by atoms with Gasteiger partial charge in [-0.3, -0.25) is 8.99 Å². The number of hydrogen-bond donors (Lipinski definition) is 0. The molecule has 142 valence electrons. The average Bonchev–Trinajstić information content (AvgIpc) is 2.86. The van der Waals surface area contributed by atoms with Crippen molar-refractivity contribution in [2.75, 3.05) is 38.1 Å². The molecule has 0 N–H and O–H groups in total. The van der Waals surface area contributed by atoms with Crippen LogP contribution in [0.2, 0.25) is 0 Å². The first-order valence-electron chi connectivity index (χ1n) is 8.66. The third-order valence-electron chi connectivity index (χ3n) is 4.56. The third kappa shape index (κ3) is 3.31. The van der Waals surface area contributed by atoms with Crippen LogP contribution in [0.4, 0.5) is 5.69 Å². The van der Waals surface area contributed by atoms with E-state index in [1.165, 1.54) is 4.31 Å². The number of aromatic nitrogens is 2. The summed E-state index contributed by atoms with van der Waals surface area (Å²) in [6, 6.07) is 5.58. The maximum Gasteiger partial charge on any atom is 0.268 e. The highest BCUT2D eigenvalue weighted by Crippen LogP contribution is 2.37. The number of ether oxygens (including phenoxy) is 1. The van der Waals surface area contributed by atoms with E-state index in [0.717, 1.165) is 12.1 Å². The van der Waals surface area contributed by atoms with Gasteiger partial charge in [-0.05, 0) is 52.6 Å². The van der Waals surface area contributed by atoms with Crippen molar-refractivity contribution in [2.24, 2.45) is 0 Å². The maximum atomic E-state index is 13.4. The van der Waals surface area contributed by atoms with E-state index in [4.69, 9.17) is 4.74 Å². The molecule has 0 fully saturated rings. The summed E-state index contributed by atoms with van der Waals surface area (Å²) in [5.41, 5.74) is 2.82. The molecule has 0 saturated carbocycles. The van der Waals surface area contributed by atoms with Gasteiger partial charge in [0.15, 0.2) is 0 Å². The molecular weight excluding hydrogens is 352 g/mol. The Morgan fingerprint density at radius 2 is 1.96 bits per heavy atom. The van der Waals surface area contributed by atoms with E-state index < -0.39 is 10.0 Å². The minimum atomic E-state index is -3.71. The molecule has 0 saturated heterocycles. The van der Waals surface area contributed by atoms with Gasteiger partial charge in [0.1, 0.15) is 17.3 Å². The predicted molar refractivity (Wildman–Crippen MR) is 101 cm³/mol. The van der Waals surface area contributed by atoms with E-state index in [1.807, 2.05) is 51.0 Å². The molecule has 2 heterocycles. The largest absolute Gasteiger partial charge is 0.489 e. The number of rotatable bonds is 5. The van der Waals surface area contributed by atoms with E-state index in [1.54, 1.807) is 11.6 Å². The van der Waals surface area contributed by atoms with Crippen molar-refractivity contribution in [1.82, 2.24) is 14.7 Å². The molecule has 2 aromatic rings. The van der Waals surface area contributed by atoms with Gasteiger partial charge in [0.25, 0.3) is 10.0 Å². The Morgan fingerprint density at radius 1 is 1.23 bits per heavy atom. The minimum absolute atomic E-state index is 0.292. The third-order valence-corrected chi connectivity index (χ3v) is 6.62. The zero-order valence-electron chi connectivity index (χ0n) is 16.0. The van der Waals surface area contributed by atoms with Gasteiger partial charge in [-0.25, -0.2) is 8.42 Å².